The highest BCUT2D eigenvalue weighted by molar-refractivity contribution is 6.07. The number of furan rings is 1. The number of benzene rings is 2. The number of hydrogen-bond acceptors (Lipinski definition) is 4. The van der Waals surface area contributed by atoms with E-state index >= 15 is 0 Å². The number of carbonyl (C=O) groups excluding carboxylic acids is 1. The number of hydrogen-bond donors (Lipinski definition) is 1. The third kappa shape index (κ3) is 3.23. The van der Waals surface area contributed by atoms with Crippen molar-refractivity contribution in [2.24, 2.45) is 5.10 Å². The highest BCUT2D eigenvalue weighted by Gasteiger charge is 2.13. The van der Waals surface area contributed by atoms with Crippen LogP contribution < -0.4 is 5.43 Å². The molecule has 5 heteroatoms. The van der Waals surface area contributed by atoms with E-state index in [0.29, 0.717) is 11.3 Å². The lowest BCUT2D eigenvalue weighted by Gasteiger charge is -2.08. The van der Waals surface area contributed by atoms with Gasteiger partial charge in [-0.3, -0.25) is 4.79 Å². The largest absolute Gasteiger partial charge is 0.463 e. The van der Waals surface area contributed by atoms with Crippen LogP contribution in [0.2, 0.25) is 0 Å². The molecule has 0 aliphatic heterocycles. The van der Waals surface area contributed by atoms with Crippen LogP contribution in [0.3, 0.4) is 0 Å². The molecule has 0 fully saturated rings. The van der Waals surface area contributed by atoms with Crippen LogP contribution in [0.25, 0.3) is 22.2 Å². The van der Waals surface area contributed by atoms with Crippen LogP contribution in [-0.2, 0) is 0 Å². The van der Waals surface area contributed by atoms with Crippen molar-refractivity contribution in [3.63, 3.8) is 0 Å². The molecule has 0 aliphatic carbocycles. The quantitative estimate of drug-likeness (QED) is 0.445. The summed E-state index contributed by atoms with van der Waals surface area (Å²) >= 11 is 0. The molecule has 2 aromatic heterocycles. The van der Waals surface area contributed by atoms with E-state index in [1.807, 2.05) is 54.6 Å². The fourth-order valence-electron chi connectivity index (χ4n) is 2.70. The van der Waals surface area contributed by atoms with Gasteiger partial charge in [0.25, 0.3) is 5.91 Å². The van der Waals surface area contributed by atoms with Gasteiger partial charge in [-0.05, 0) is 24.3 Å². The van der Waals surface area contributed by atoms with Crippen LogP contribution in [0.4, 0.5) is 0 Å². The molecule has 0 radical (unpaired) electrons. The summed E-state index contributed by atoms with van der Waals surface area (Å²) in [5, 5.41) is 4.74. The molecule has 2 aromatic carbocycles. The number of nitrogens with one attached hydrogen (secondary N) is 1. The number of fused-ring (bicyclic) bond motifs is 1. The van der Waals surface area contributed by atoms with Gasteiger partial charge in [0, 0.05) is 10.9 Å². The molecular weight excluding hydrogens is 326 g/mol. The van der Waals surface area contributed by atoms with Crippen molar-refractivity contribution < 1.29 is 9.21 Å². The first-order chi connectivity index (χ1) is 12.8. The maximum absolute atomic E-state index is 12.7. The number of nitrogens with zero attached hydrogens (tertiary/aromatic N) is 2. The predicted octanol–water partition coefficient (Wildman–Crippen LogP) is 4.26. The van der Waals surface area contributed by atoms with Gasteiger partial charge in [0.2, 0.25) is 0 Å². The lowest BCUT2D eigenvalue weighted by atomic mass is 10.0. The molecule has 4 rings (SSSR count). The third-order valence-electron chi connectivity index (χ3n) is 3.93. The average Bonchev–Trinajstić information content (AvgIpc) is 3.21. The molecule has 2 heterocycles. The monoisotopic (exact) mass is 341 g/mol. The first kappa shape index (κ1) is 15.8. The molecule has 0 unspecified atom stereocenters. The Morgan fingerprint density at radius 3 is 2.62 bits per heavy atom. The molecule has 0 bridgehead atoms. The first-order valence-corrected chi connectivity index (χ1v) is 8.13. The number of carbonyl (C=O) groups is 1. The van der Waals surface area contributed by atoms with Gasteiger partial charge in [-0.25, -0.2) is 10.4 Å². The molecular formula is C21H15N3O2. The summed E-state index contributed by atoms with van der Waals surface area (Å²) in [6.45, 7) is 0. The zero-order chi connectivity index (χ0) is 17.8. The van der Waals surface area contributed by atoms with Gasteiger partial charge in [-0.15, -0.1) is 0 Å². The third-order valence-corrected chi connectivity index (χ3v) is 3.93. The van der Waals surface area contributed by atoms with Crippen LogP contribution in [0.15, 0.2) is 88.6 Å². The van der Waals surface area contributed by atoms with Crippen molar-refractivity contribution in [2.75, 3.05) is 0 Å². The maximum atomic E-state index is 12.7. The molecule has 0 saturated carbocycles. The highest BCUT2D eigenvalue weighted by Crippen LogP contribution is 2.24. The summed E-state index contributed by atoms with van der Waals surface area (Å²) < 4.78 is 5.16. The zero-order valence-corrected chi connectivity index (χ0v) is 13.8. The second-order valence-corrected chi connectivity index (χ2v) is 5.65. The number of aromatic nitrogens is 1. The van der Waals surface area contributed by atoms with E-state index in [9.17, 15) is 4.79 Å². The highest BCUT2D eigenvalue weighted by atomic mass is 16.3. The van der Waals surface area contributed by atoms with E-state index < -0.39 is 0 Å². The molecule has 0 aliphatic rings. The Hall–Kier alpha value is -3.73. The van der Waals surface area contributed by atoms with Gasteiger partial charge < -0.3 is 4.42 Å². The Morgan fingerprint density at radius 2 is 1.81 bits per heavy atom. The lowest BCUT2D eigenvalue weighted by Crippen LogP contribution is -2.18. The number of hydrazone groups is 1. The normalized spacial score (nSPS) is 11.1. The standard InChI is InChI=1S/C21H15N3O2/c25-21(24-22-14-16-9-6-12-26-16)18-13-20(15-7-2-1-3-8-15)23-19-11-5-4-10-17(18)19/h1-14H,(H,24,25)/b22-14-. The van der Waals surface area contributed by atoms with Gasteiger partial charge >= 0.3 is 0 Å². The number of rotatable bonds is 4. The molecule has 1 amide bonds. The van der Waals surface area contributed by atoms with Crippen LogP contribution in [0.1, 0.15) is 16.1 Å². The fourth-order valence-corrected chi connectivity index (χ4v) is 2.70. The number of para-hydroxylation sites is 1. The molecule has 0 saturated heterocycles. The first-order valence-electron chi connectivity index (χ1n) is 8.13. The van der Waals surface area contributed by atoms with E-state index in [2.05, 4.69) is 15.5 Å². The smallest absolute Gasteiger partial charge is 0.272 e. The van der Waals surface area contributed by atoms with Crippen LogP contribution in [0, 0.1) is 0 Å². The Balaban J connectivity index is 1.72. The SMILES string of the molecule is O=C(N/N=C\c1ccco1)c1cc(-c2ccccc2)nc2ccccc12. The second-order valence-electron chi connectivity index (χ2n) is 5.65. The topological polar surface area (TPSA) is 67.5 Å². The van der Waals surface area contributed by atoms with Gasteiger partial charge in [-0.1, -0.05) is 48.5 Å². The van der Waals surface area contributed by atoms with E-state index in [4.69, 9.17) is 4.42 Å². The van der Waals surface area contributed by atoms with Crippen molar-refractivity contribution in [1.29, 1.82) is 0 Å². The minimum atomic E-state index is -0.302. The summed E-state index contributed by atoms with van der Waals surface area (Å²) in [4.78, 5) is 17.4. The van der Waals surface area contributed by atoms with Gasteiger partial charge in [-0.2, -0.15) is 5.10 Å². The van der Waals surface area contributed by atoms with E-state index in [1.54, 1.807) is 24.5 Å². The van der Waals surface area contributed by atoms with Crippen molar-refractivity contribution >= 4 is 23.0 Å². The summed E-state index contributed by atoms with van der Waals surface area (Å²) in [6, 6.07) is 22.6. The Bertz CT molecular complexity index is 1070. The van der Waals surface area contributed by atoms with E-state index in [0.717, 1.165) is 22.2 Å². The van der Waals surface area contributed by atoms with Crippen LogP contribution >= 0.6 is 0 Å². The fraction of sp³-hybridized carbons (Fsp3) is 0. The molecule has 126 valence electrons. The summed E-state index contributed by atoms with van der Waals surface area (Å²) in [5.74, 6) is 0.262. The van der Waals surface area contributed by atoms with Crippen molar-refractivity contribution in [3.05, 3.63) is 90.4 Å². The minimum absolute atomic E-state index is 0.302. The molecule has 1 N–H and O–H groups in total. The Morgan fingerprint density at radius 1 is 1.00 bits per heavy atom. The molecule has 0 atom stereocenters. The lowest BCUT2D eigenvalue weighted by molar-refractivity contribution is 0.0956. The average molecular weight is 341 g/mol. The predicted molar refractivity (Wildman–Crippen MR) is 101 cm³/mol. The van der Waals surface area contributed by atoms with E-state index in [1.165, 1.54) is 6.21 Å². The zero-order valence-electron chi connectivity index (χ0n) is 13.8. The van der Waals surface area contributed by atoms with Crippen molar-refractivity contribution in [2.45, 2.75) is 0 Å². The number of amides is 1. The minimum Gasteiger partial charge on any atom is -0.463 e. The second kappa shape index (κ2) is 7.03. The number of pyridine rings is 1. The van der Waals surface area contributed by atoms with Crippen LogP contribution in [0.5, 0.6) is 0 Å². The summed E-state index contributed by atoms with van der Waals surface area (Å²) in [6.07, 6.45) is 3.01. The van der Waals surface area contributed by atoms with Crippen LogP contribution in [-0.4, -0.2) is 17.1 Å². The van der Waals surface area contributed by atoms with Gasteiger partial charge in [0.1, 0.15) is 5.76 Å². The molecule has 0 spiro atoms. The molecule has 5 nitrogen and oxygen atoms in total. The Kier molecular flexibility index (Phi) is 4.26. The van der Waals surface area contributed by atoms with Crippen molar-refractivity contribution in [1.82, 2.24) is 10.4 Å². The molecule has 4 aromatic rings. The maximum Gasteiger partial charge on any atom is 0.272 e. The summed E-state index contributed by atoms with van der Waals surface area (Å²) in [5.41, 5.74) is 5.52. The van der Waals surface area contributed by atoms with Crippen molar-refractivity contribution in [3.8, 4) is 11.3 Å². The molecule has 26 heavy (non-hydrogen) atoms. The summed E-state index contributed by atoms with van der Waals surface area (Å²) in [7, 11) is 0. The van der Waals surface area contributed by atoms with E-state index in [-0.39, 0.29) is 5.91 Å². The Labute approximate surface area is 150 Å². The van der Waals surface area contributed by atoms with Gasteiger partial charge in [0.15, 0.2) is 0 Å². The van der Waals surface area contributed by atoms with Gasteiger partial charge in [0.05, 0.1) is 29.3 Å².